The number of hydrogen-bond acceptors (Lipinski definition) is 0. The van der Waals surface area contributed by atoms with Gasteiger partial charge in [0.05, 0.1) is 0 Å². The van der Waals surface area contributed by atoms with Gasteiger partial charge in [0.1, 0.15) is 0 Å². The van der Waals surface area contributed by atoms with Crippen molar-refractivity contribution >= 4 is 16.3 Å². The van der Waals surface area contributed by atoms with E-state index in [0.717, 1.165) is 5.92 Å². The van der Waals surface area contributed by atoms with Gasteiger partial charge >= 0.3 is 0 Å². The molecule has 0 atom stereocenters. The minimum Gasteiger partial charge on any atom is -0.412 e. The van der Waals surface area contributed by atoms with Gasteiger partial charge in [0, 0.05) is 0 Å². The molecule has 2 N–H and O–H groups in total. The molecule has 0 aromatic carbocycles. The van der Waals surface area contributed by atoms with Crippen molar-refractivity contribution in [1.82, 2.24) is 0 Å². The van der Waals surface area contributed by atoms with E-state index in [9.17, 15) is 0 Å². The lowest BCUT2D eigenvalue weighted by Gasteiger charge is -1.90. The van der Waals surface area contributed by atoms with Crippen molar-refractivity contribution in [3.05, 3.63) is 0 Å². The van der Waals surface area contributed by atoms with E-state index < -0.39 is 0 Å². The van der Waals surface area contributed by atoms with E-state index >= 15 is 0 Å². The first kappa shape index (κ1) is 9.70. The Morgan fingerprint density at radius 3 is 1.67 bits per heavy atom. The summed E-state index contributed by atoms with van der Waals surface area (Å²) in [5.74, 6) is 0.897. The molecule has 0 aliphatic heterocycles. The van der Waals surface area contributed by atoms with Crippen LogP contribution in [0.3, 0.4) is 0 Å². The van der Waals surface area contributed by atoms with Gasteiger partial charge in [0.15, 0.2) is 16.3 Å². The molecule has 0 aromatic heterocycles. The third kappa shape index (κ3) is 8.82. The highest BCUT2D eigenvalue weighted by Gasteiger charge is 1.80. The summed E-state index contributed by atoms with van der Waals surface area (Å²) in [4.78, 5) is 0. The lowest BCUT2D eigenvalue weighted by Crippen LogP contribution is -1.80. The fourth-order valence-corrected chi connectivity index (χ4v) is 0. The molecule has 6 heavy (non-hydrogen) atoms. The van der Waals surface area contributed by atoms with Crippen molar-refractivity contribution in [2.24, 2.45) is 5.92 Å². The summed E-state index contributed by atoms with van der Waals surface area (Å²) in [6, 6.07) is 0. The van der Waals surface area contributed by atoms with Gasteiger partial charge in [-0.25, -0.2) is 0 Å². The van der Waals surface area contributed by atoms with Crippen LogP contribution in [0.25, 0.3) is 0 Å². The summed E-state index contributed by atoms with van der Waals surface area (Å²) in [6.45, 7) is 4.46. The van der Waals surface area contributed by atoms with Crippen LogP contribution in [0.5, 0.6) is 0 Å². The van der Waals surface area contributed by atoms with Crippen LogP contribution in [0.1, 0.15) is 13.8 Å². The molecule has 0 bridgehead atoms. The molecule has 0 fully saturated rings. The van der Waals surface area contributed by atoms with Gasteiger partial charge in [-0.2, -0.15) is 0 Å². The van der Waals surface area contributed by atoms with Crippen LogP contribution < -0.4 is 0 Å². The molecule has 0 saturated heterocycles. The third-order valence-electron chi connectivity index (χ3n) is 0.577. The zero-order valence-electron chi connectivity index (χ0n) is 4.49. The Bertz CT molecular complexity index is 21.5. The lowest BCUT2D eigenvalue weighted by atomic mass is 10.3. The van der Waals surface area contributed by atoms with Crippen LogP contribution in [0.15, 0.2) is 0 Å². The van der Waals surface area contributed by atoms with Gasteiger partial charge in [-0.1, -0.05) is 19.8 Å². The summed E-state index contributed by atoms with van der Waals surface area (Å²) in [6.07, 6.45) is 0. The molecule has 0 aliphatic rings. The van der Waals surface area contributed by atoms with Crippen molar-refractivity contribution in [1.29, 1.82) is 0 Å². The summed E-state index contributed by atoms with van der Waals surface area (Å²) < 4.78 is 0. The van der Waals surface area contributed by atoms with E-state index in [2.05, 4.69) is 13.8 Å². The molecule has 0 aliphatic carbocycles. The quantitative estimate of drug-likeness (QED) is 0.423. The fourth-order valence-electron chi connectivity index (χ4n) is 0. The molecular formula is C4H12AlO. The summed E-state index contributed by atoms with van der Waals surface area (Å²) in [5.41, 5.74) is 0. The van der Waals surface area contributed by atoms with E-state index in [4.69, 9.17) is 0 Å². The predicted molar refractivity (Wildman–Crippen MR) is 30.4 cm³/mol. The first-order valence-corrected chi connectivity index (χ1v) is 3.06. The zero-order valence-corrected chi connectivity index (χ0v) is 5.91. The number of rotatable bonds is 1. The van der Waals surface area contributed by atoms with Crippen LogP contribution in [0.4, 0.5) is 0 Å². The first-order chi connectivity index (χ1) is 2.27. The van der Waals surface area contributed by atoms with Crippen molar-refractivity contribution in [3.63, 3.8) is 0 Å². The van der Waals surface area contributed by atoms with Crippen molar-refractivity contribution in [3.8, 4) is 0 Å². The topological polar surface area (TPSA) is 31.5 Å². The van der Waals surface area contributed by atoms with Crippen molar-refractivity contribution < 1.29 is 5.48 Å². The van der Waals surface area contributed by atoms with E-state index in [0.29, 0.717) is 0 Å². The molecule has 0 spiro atoms. The molecule has 0 unspecified atom stereocenters. The Balaban J connectivity index is 0. The van der Waals surface area contributed by atoms with Crippen LogP contribution >= 0.6 is 0 Å². The third-order valence-corrected chi connectivity index (χ3v) is 1.73. The molecule has 0 aromatic rings. The summed E-state index contributed by atoms with van der Waals surface area (Å²) in [7, 11) is 0. The van der Waals surface area contributed by atoms with Crippen LogP contribution in [0.2, 0.25) is 5.28 Å². The maximum absolute atomic E-state index is 2.23. The maximum atomic E-state index is 2.23. The zero-order chi connectivity index (χ0) is 4.28. The second kappa shape index (κ2) is 5.49. The van der Waals surface area contributed by atoms with E-state index in [-0.39, 0.29) is 5.48 Å². The molecule has 37 valence electrons. The molecule has 0 heterocycles. The van der Waals surface area contributed by atoms with Crippen LogP contribution in [0, 0.1) is 5.92 Å². The fraction of sp³-hybridized carbons (Fsp3) is 1.00. The van der Waals surface area contributed by atoms with Gasteiger partial charge in [-0.15, -0.1) is 5.28 Å². The highest BCUT2D eigenvalue weighted by atomic mass is 27.0. The minimum absolute atomic E-state index is 0. The Kier molecular flexibility index (Phi) is 8.88. The largest absolute Gasteiger partial charge is 0.412 e. The van der Waals surface area contributed by atoms with Crippen molar-refractivity contribution in [2.75, 3.05) is 0 Å². The van der Waals surface area contributed by atoms with Gasteiger partial charge in [-0.05, 0) is 0 Å². The first-order valence-electron chi connectivity index (χ1n) is 2.06. The van der Waals surface area contributed by atoms with Crippen LogP contribution in [-0.4, -0.2) is 21.8 Å². The summed E-state index contributed by atoms with van der Waals surface area (Å²) >= 11 is 2.03. The average molecular weight is 103 g/mol. The number of hydrogen-bond donors (Lipinski definition) is 0. The van der Waals surface area contributed by atoms with Gasteiger partial charge in [0.2, 0.25) is 0 Å². The molecule has 2 heteroatoms. The average Bonchev–Trinajstić information content (AvgIpc) is 1.38. The molecule has 1 radical (unpaired) electrons. The molecule has 0 saturated carbocycles. The predicted octanol–water partition coefficient (Wildman–Crippen LogP) is 0.137. The summed E-state index contributed by atoms with van der Waals surface area (Å²) in [5, 5.41) is 1.33. The second-order valence-corrected chi connectivity index (χ2v) is 2.26. The monoisotopic (exact) mass is 103 g/mol. The molecule has 0 amide bonds. The highest BCUT2D eigenvalue weighted by Crippen LogP contribution is 1.92. The SMILES string of the molecule is CC(C)[CH2][AlH].O. The van der Waals surface area contributed by atoms with E-state index in [1.54, 1.807) is 0 Å². The molecular weight excluding hydrogens is 91.0 g/mol. The molecule has 0 rings (SSSR count). The highest BCUT2D eigenvalue weighted by molar-refractivity contribution is 6.08. The Morgan fingerprint density at radius 2 is 1.67 bits per heavy atom. The van der Waals surface area contributed by atoms with E-state index in [1.165, 1.54) is 5.28 Å². The van der Waals surface area contributed by atoms with Gasteiger partial charge < -0.3 is 5.48 Å². The molecule has 1 nitrogen and oxygen atoms in total. The second-order valence-electron chi connectivity index (χ2n) is 1.68. The van der Waals surface area contributed by atoms with Crippen molar-refractivity contribution in [2.45, 2.75) is 19.1 Å². The van der Waals surface area contributed by atoms with Crippen LogP contribution in [-0.2, 0) is 0 Å². The Morgan fingerprint density at radius 1 is 1.50 bits per heavy atom. The minimum atomic E-state index is 0. The maximum Gasteiger partial charge on any atom is 0.173 e. The standard InChI is InChI=1S/C4H9.Al.H2O.H/c1-4(2)3;;;/h4H,1H2,2-3H3;;1H2;. The van der Waals surface area contributed by atoms with E-state index in [1.807, 2.05) is 16.3 Å². The Labute approximate surface area is 47.5 Å². The van der Waals surface area contributed by atoms with Gasteiger partial charge in [0.25, 0.3) is 0 Å². The Hall–Kier alpha value is 0.492. The van der Waals surface area contributed by atoms with Gasteiger partial charge in [-0.3, -0.25) is 0 Å². The smallest absolute Gasteiger partial charge is 0.173 e. The normalized spacial score (nSPS) is 7.83. The lowest BCUT2D eigenvalue weighted by molar-refractivity contribution is 0.735.